The molecule has 2 N–H and O–H groups in total. The van der Waals surface area contributed by atoms with Crippen molar-refractivity contribution in [3.05, 3.63) is 70.6 Å². The van der Waals surface area contributed by atoms with E-state index in [0.29, 0.717) is 12.1 Å². The summed E-state index contributed by atoms with van der Waals surface area (Å²) in [5, 5.41) is 11.5. The van der Waals surface area contributed by atoms with Gasteiger partial charge in [0.15, 0.2) is 0 Å². The molecule has 2 aromatic carbocycles. The van der Waals surface area contributed by atoms with Crippen molar-refractivity contribution >= 4 is 34.9 Å². The third-order valence-corrected chi connectivity index (χ3v) is 4.61. The molecule has 1 aliphatic heterocycles. The Balaban J connectivity index is 1.61. The van der Waals surface area contributed by atoms with Gasteiger partial charge in [-0.3, -0.25) is 19.3 Å². The van der Waals surface area contributed by atoms with Crippen LogP contribution < -0.4 is 5.32 Å². The largest absolute Gasteiger partial charge is 0.508 e. The monoisotopic (exact) mass is 368 g/mol. The van der Waals surface area contributed by atoms with E-state index in [9.17, 15) is 19.5 Å². The molecule has 1 fully saturated rings. The Hall–Kier alpha value is -3.06. The van der Waals surface area contributed by atoms with Crippen LogP contribution in [0.25, 0.3) is 6.08 Å². The molecular formula is C19H16N2O4S. The van der Waals surface area contributed by atoms with E-state index in [0.717, 1.165) is 22.2 Å². The fourth-order valence-corrected chi connectivity index (χ4v) is 3.19. The number of nitrogens with zero attached hydrogens (tertiary/aromatic N) is 1. The second kappa shape index (κ2) is 7.88. The van der Waals surface area contributed by atoms with Crippen molar-refractivity contribution in [2.75, 3.05) is 6.54 Å². The number of phenols is 1. The molecule has 3 amide bonds. The number of hydrogen-bond acceptors (Lipinski definition) is 5. The highest BCUT2D eigenvalue weighted by Gasteiger charge is 2.36. The van der Waals surface area contributed by atoms with Gasteiger partial charge in [-0.25, -0.2) is 0 Å². The molecule has 132 valence electrons. The number of phenolic OH excluding ortho intramolecular Hbond substituents is 1. The topological polar surface area (TPSA) is 86.7 Å². The van der Waals surface area contributed by atoms with E-state index in [1.165, 1.54) is 12.1 Å². The highest BCUT2D eigenvalue weighted by molar-refractivity contribution is 8.18. The summed E-state index contributed by atoms with van der Waals surface area (Å²) in [5.74, 6) is -0.782. The molecule has 0 unspecified atom stereocenters. The van der Waals surface area contributed by atoms with Crippen molar-refractivity contribution < 1.29 is 19.5 Å². The second-order valence-electron chi connectivity index (χ2n) is 5.62. The summed E-state index contributed by atoms with van der Waals surface area (Å²) in [4.78, 5) is 37.7. The maximum atomic E-state index is 12.4. The van der Waals surface area contributed by atoms with Crippen LogP contribution in [-0.4, -0.2) is 33.6 Å². The van der Waals surface area contributed by atoms with Gasteiger partial charge in [-0.2, -0.15) is 0 Å². The van der Waals surface area contributed by atoms with Crippen LogP contribution in [-0.2, 0) is 16.1 Å². The number of imide groups is 1. The minimum atomic E-state index is -0.497. The zero-order valence-corrected chi connectivity index (χ0v) is 14.5. The van der Waals surface area contributed by atoms with Crippen LogP contribution in [0.2, 0.25) is 0 Å². The summed E-state index contributed by atoms with van der Waals surface area (Å²) in [7, 11) is 0. The van der Waals surface area contributed by atoms with Crippen molar-refractivity contribution in [1.82, 2.24) is 10.2 Å². The second-order valence-corrected chi connectivity index (χ2v) is 6.61. The zero-order valence-electron chi connectivity index (χ0n) is 13.7. The van der Waals surface area contributed by atoms with E-state index in [4.69, 9.17) is 0 Å². The first kappa shape index (κ1) is 17.8. The lowest BCUT2D eigenvalue weighted by Crippen LogP contribution is -2.39. The normalized spacial score (nSPS) is 15.5. The molecule has 26 heavy (non-hydrogen) atoms. The van der Waals surface area contributed by atoms with Crippen molar-refractivity contribution in [2.24, 2.45) is 0 Å². The summed E-state index contributed by atoms with van der Waals surface area (Å²) in [6, 6.07) is 15.6. The van der Waals surface area contributed by atoms with Crippen LogP contribution in [0.5, 0.6) is 5.75 Å². The number of hydrogen-bond donors (Lipinski definition) is 2. The molecule has 0 bridgehead atoms. The van der Waals surface area contributed by atoms with Crippen LogP contribution in [0, 0.1) is 0 Å². The molecule has 0 aromatic heterocycles. The van der Waals surface area contributed by atoms with Crippen molar-refractivity contribution in [1.29, 1.82) is 0 Å². The third-order valence-electron chi connectivity index (χ3n) is 3.70. The zero-order chi connectivity index (χ0) is 18.5. The Labute approximate surface area is 154 Å². The number of carbonyl (C=O) groups excluding carboxylic acids is 3. The van der Waals surface area contributed by atoms with Crippen LogP contribution in [0.4, 0.5) is 4.79 Å². The maximum Gasteiger partial charge on any atom is 0.294 e. The number of nitrogens with one attached hydrogen (secondary N) is 1. The predicted molar refractivity (Wildman–Crippen MR) is 99.1 cm³/mol. The first-order valence-corrected chi connectivity index (χ1v) is 8.69. The Kier molecular flexibility index (Phi) is 5.38. The molecule has 0 atom stereocenters. The molecular weight excluding hydrogens is 352 g/mol. The average Bonchev–Trinajstić information content (AvgIpc) is 2.90. The smallest absolute Gasteiger partial charge is 0.294 e. The molecule has 7 heteroatoms. The van der Waals surface area contributed by atoms with Crippen molar-refractivity contribution in [3.8, 4) is 5.75 Å². The number of aromatic hydroxyl groups is 1. The van der Waals surface area contributed by atoms with E-state index < -0.39 is 17.1 Å². The number of thioether (sulfide) groups is 1. The molecule has 0 spiro atoms. The number of rotatable bonds is 5. The maximum absolute atomic E-state index is 12.4. The first-order chi connectivity index (χ1) is 12.5. The Morgan fingerprint density at radius 3 is 2.46 bits per heavy atom. The summed E-state index contributed by atoms with van der Waals surface area (Å²) in [6.07, 6.45) is 1.56. The Morgan fingerprint density at radius 2 is 1.77 bits per heavy atom. The lowest BCUT2D eigenvalue weighted by Gasteiger charge is -2.12. The molecule has 2 aromatic rings. The van der Waals surface area contributed by atoms with Gasteiger partial charge in [0.25, 0.3) is 11.1 Å². The van der Waals surface area contributed by atoms with Gasteiger partial charge in [0.05, 0.1) is 4.91 Å². The minimum Gasteiger partial charge on any atom is -0.508 e. The van der Waals surface area contributed by atoms with Gasteiger partial charge in [-0.15, -0.1) is 0 Å². The number of benzene rings is 2. The predicted octanol–water partition coefficient (Wildman–Crippen LogP) is 2.74. The van der Waals surface area contributed by atoms with Crippen molar-refractivity contribution in [3.63, 3.8) is 0 Å². The molecule has 1 heterocycles. The Bertz CT molecular complexity index is 863. The van der Waals surface area contributed by atoms with Gasteiger partial charge in [0.2, 0.25) is 5.91 Å². The lowest BCUT2D eigenvalue weighted by molar-refractivity contribution is -0.129. The van der Waals surface area contributed by atoms with E-state index in [2.05, 4.69) is 5.32 Å². The summed E-state index contributed by atoms with van der Waals surface area (Å²) in [6.45, 7) is 0.0175. The molecule has 1 aliphatic rings. The Morgan fingerprint density at radius 1 is 1.08 bits per heavy atom. The molecule has 3 rings (SSSR count). The minimum absolute atomic E-state index is 0.116. The van der Waals surface area contributed by atoms with E-state index >= 15 is 0 Å². The molecule has 1 saturated heterocycles. The van der Waals surface area contributed by atoms with Crippen LogP contribution in [0.15, 0.2) is 59.5 Å². The van der Waals surface area contributed by atoms with E-state index in [1.54, 1.807) is 18.2 Å². The third kappa shape index (κ3) is 4.31. The molecule has 6 nitrogen and oxygen atoms in total. The lowest BCUT2D eigenvalue weighted by atomic mass is 10.2. The van der Waals surface area contributed by atoms with Gasteiger partial charge < -0.3 is 10.4 Å². The van der Waals surface area contributed by atoms with E-state index in [1.807, 2.05) is 30.3 Å². The summed E-state index contributed by atoms with van der Waals surface area (Å²) in [5.41, 5.74) is 1.61. The van der Waals surface area contributed by atoms with Gasteiger partial charge in [0, 0.05) is 6.54 Å². The summed E-state index contributed by atoms with van der Waals surface area (Å²) < 4.78 is 0. The average molecular weight is 368 g/mol. The van der Waals surface area contributed by atoms with Gasteiger partial charge >= 0.3 is 0 Å². The summed E-state index contributed by atoms with van der Waals surface area (Å²) >= 11 is 0.793. The number of amides is 3. The standard InChI is InChI=1S/C19H16N2O4S/c22-15-8-6-13(7-9-15)10-16-18(24)21(19(25)26-16)12-17(23)20-11-14-4-2-1-3-5-14/h1-10,22H,11-12H2,(H,20,23)/b16-10-. The van der Waals surface area contributed by atoms with Gasteiger partial charge in [0.1, 0.15) is 12.3 Å². The van der Waals surface area contributed by atoms with Crippen LogP contribution in [0.3, 0.4) is 0 Å². The highest BCUT2D eigenvalue weighted by atomic mass is 32.2. The highest BCUT2D eigenvalue weighted by Crippen LogP contribution is 2.32. The SMILES string of the molecule is O=C(CN1C(=O)S/C(=C\c2ccc(O)cc2)C1=O)NCc1ccccc1. The molecule has 0 aliphatic carbocycles. The van der Waals surface area contributed by atoms with Crippen LogP contribution >= 0.6 is 11.8 Å². The molecule has 0 saturated carbocycles. The fraction of sp³-hybridized carbons (Fsp3) is 0.105. The van der Waals surface area contributed by atoms with Gasteiger partial charge in [-0.05, 0) is 41.1 Å². The molecule has 0 radical (unpaired) electrons. The van der Waals surface area contributed by atoms with Crippen molar-refractivity contribution in [2.45, 2.75) is 6.54 Å². The van der Waals surface area contributed by atoms with E-state index in [-0.39, 0.29) is 17.2 Å². The quantitative estimate of drug-likeness (QED) is 0.793. The first-order valence-electron chi connectivity index (χ1n) is 7.88. The number of carbonyl (C=O) groups is 3. The fourth-order valence-electron chi connectivity index (χ4n) is 2.35. The van der Waals surface area contributed by atoms with Gasteiger partial charge in [-0.1, -0.05) is 42.5 Å². The van der Waals surface area contributed by atoms with Crippen LogP contribution in [0.1, 0.15) is 11.1 Å².